The van der Waals surface area contributed by atoms with E-state index >= 15 is 0 Å². The summed E-state index contributed by atoms with van der Waals surface area (Å²) in [6.45, 7) is 7.37. The smallest absolute Gasteiger partial charge is 0.419 e. The number of alkyl carbamates (subject to hydrolysis) is 1. The highest BCUT2D eigenvalue weighted by Gasteiger charge is 2.36. The van der Waals surface area contributed by atoms with Crippen molar-refractivity contribution in [2.75, 3.05) is 25.0 Å². The van der Waals surface area contributed by atoms with Crippen molar-refractivity contribution in [1.82, 2.24) is 24.8 Å². The van der Waals surface area contributed by atoms with Crippen molar-refractivity contribution in [3.05, 3.63) is 111 Å². The second kappa shape index (κ2) is 15.8. The number of alkyl halides is 3. The number of halogens is 4. The number of nitrogens with zero attached hydrogens (tertiary/aromatic N) is 4. The third kappa shape index (κ3) is 9.25. The van der Waals surface area contributed by atoms with Crippen LogP contribution in [0.3, 0.4) is 0 Å². The van der Waals surface area contributed by atoms with Crippen LogP contribution in [0.2, 0.25) is 0 Å². The van der Waals surface area contributed by atoms with E-state index in [1.807, 2.05) is 6.92 Å². The number of aromatic nitrogens is 3. The van der Waals surface area contributed by atoms with Gasteiger partial charge in [0.05, 0.1) is 29.8 Å². The average Bonchev–Trinajstić information content (AvgIpc) is 3.08. The van der Waals surface area contributed by atoms with Crippen LogP contribution in [0, 0.1) is 5.82 Å². The summed E-state index contributed by atoms with van der Waals surface area (Å²) in [6, 6.07) is 11.2. The molecule has 0 bridgehead atoms. The second-order valence-corrected chi connectivity index (χ2v) is 13.2. The van der Waals surface area contributed by atoms with E-state index in [2.05, 4.69) is 15.6 Å². The maximum Gasteiger partial charge on any atom is 0.419 e. The molecule has 52 heavy (non-hydrogen) atoms. The summed E-state index contributed by atoms with van der Waals surface area (Å²) in [5.41, 5.74) is -1.51. The molecule has 2 amide bonds. The number of amides is 2. The quantitative estimate of drug-likeness (QED) is 0.171. The number of pyridine rings is 1. The van der Waals surface area contributed by atoms with Gasteiger partial charge in [-0.1, -0.05) is 12.1 Å². The van der Waals surface area contributed by atoms with Gasteiger partial charge in [0, 0.05) is 32.0 Å². The molecule has 0 saturated heterocycles. The Bertz CT molecular complexity index is 1950. The standard InChI is InChI=1S/C37H40F4N6O5/c1-5-51-26-13-11-25(12-14-26)47-33(45-32-27(34(47)49)9-7-17-43-32)30(21-44-35(50)52-36(2,3)4)46(22-24-8-6-16-42-20-24)31(48)19-23-10-15-29(38)28(18-23)37(39,40)41/h6,8,10-16,18,20,30,43H,5,7,9,17,19,21-22H2,1-4H3,(H,44,50)/t30-/m1/s1. The van der Waals surface area contributed by atoms with E-state index in [-0.39, 0.29) is 24.5 Å². The molecule has 0 spiro atoms. The first-order valence-corrected chi connectivity index (χ1v) is 16.8. The molecule has 15 heteroatoms. The molecule has 0 saturated carbocycles. The average molecular weight is 725 g/mol. The zero-order chi connectivity index (χ0) is 37.6. The molecule has 1 aliphatic rings. The maximum absolute atomic E-state index is 14.4. The summed E-state index contributed by atoms with van der Waals surface area (Å²) < 4.78 is 67.6. The van der Waals surface area contributed by atoms with Crippen LogP contribution in [0.1, 0.15) is 68.2 Å². The molecular weight excluding hydrogens is 684 g/mol. The summed E-state index contributed by atoms with van der Waals surface area (Å²) in [5, 5.41) is 5.87. The minimum Gasteiger partial charge on any atom is -0.494 e. The lowest BCUT2D eigenvalue weighted by Gasteiger charge is -2.34. The zero-order valence-corrected chi connectivity index (χ0v) is 29.2. The molecule has 11 nitrogen and oxygen atoms in total. The lowest BCUT2D eigenvalue weighted by atomic mass is 10.0. The van der Waals surface area contributed by atoms with Gasteiger partial charge < -0.3 is 25.0 Å². The highest BCUT2D eigenvalue weighted by atomic mass is 19.4. The van der Waals surface area contributed by atoms with Crippen LogP contribution in [-0.4, -0.2) is 56.7 Å². The minimum absolute atomic E-state index is 0.0608. The first-order chi connectivity index (χ1) is 24.6. The van der Waals surface area contributed by atoms with E-state index in [0.29, 0.717) is 66.5 Å². The van der Waals surface area contributed by atoms with Crippen molar-refractivity contribution in [3.63, 3.8) is 0 Å². The van der Waals surface area contributed by atoms with Crippen molar-refractivity contribution in [1.29, 1.82) is 0 Å². The van der Waals surface area contributed by atoms with Crippen LogP contribution in [0.4, 0.5) is 28.2 Å². The Balaban J connectivity index is 1.69. The number of hydrogen-bond donors (Lipinski definition) is 2. The topological polar surface area (TPSA) is 128 Å². The zero-order valence-electron chi connectivity index (χ0n) is 29.2. The predicted molar refractivity (Wildman–Crippen MR) is 185 cm³/mol. The largest absolute Gasteiger partial charge is 0.494 e. The third-order valence-electron chi connectivity index (χ3n) is 8.10. The molecule has 0 unspecified atom stereocenters. The molecular formula is C37H40F4N6O5. The number of anilines is 1. The van der Waals surface area contributed by atoms with E-state index in [1.165, 1.54) is 21.9 Å². The second-order valence-electron chi connectivity index (χ2n) is 13.2. The van der Waals surface area contributed by atoms with Crippen LogP contribution < -0.4 is 20.9 Å². The van der Waals surface area contributed by atoms with Crippen molar-refractivity contribution in [3.8, 4) is 11.4 Å². The number of nitrogens with one attached hydrogen (secondary N) is 2. The van der Waals surface area contributed by atoms with Crippen LogP contribution >= 0.6 is 0 Å². The van der Waals surface area contributed by atoms with Crippen molar-refractivity contribution < 1.29 is 36.6 Å². The highest BCUT2D eigenvalue weighted by molar-refractivity contribution is 5.79. The Morgan fingerprint density at radius 3 is 2.48 bits per heavy atom. The molecule has 0 fully saturated rings. The van der Waals surface area contributed by atoms with E-state index in [1.54, 1.807) is 57.2 Å². The van der Waals surface area contributed by atoms with Crippen LogP contribution in [0.25, 0.3) is 5.69 Å². The maximum atomic E-state index is 14.4. The Morgan fingerprint density at radius 1 is 1.08 bits per heavy atom. The fraction of sp³-hybridized carbons (Fsp3) is 0.378. The van der Waals surface area contributed by atoms with Crippen molar-refractivity contribution in [2.45, 2.75) is 71.3 Å². The molecule has 3 heterocycles. The molecule has 4 aromatic rings. The monoisotopic (exact) mass is 724 g/mol. The SMILES string of the molecule is CCOc1ccc(-n2c([C@@H](CNC(=O)OC(C)(C)C)N(Cc3cccnc3)C(=O)Cc3ccc(F)c(C(F)(F)F)c3)nc3c(c2=O)CCCN3)cc1. The minimum atomic E-state index is -4.99. The molecule has 1 aliphatic heterocycles. The van der Waals surface area contributed by atoms with E-state index in [9.17, 15) is 31.9 Å². The van der Waals surface area contributed by atoms with Gasteiger partial charge in [-0.2, -0.15) is 13.2 Å². The van der Waals surface area contributed by atoms with Gasteiger partial charge in [0.25, 0.3) is 5.56 Å². The lowest BCUT2D eigenvalue weighted by Crippen LogP contribution is -2.46. The normalized spacial score (nSPS) is 13.4. The van der Waals surface area contributed by atoms with Gasteiger partial charge >= 0.3 is 12.3 Å². The lowest BCUT2D eigenvalue weighted by molar-refractivity contribution is -0.140. The van der Waals surface area contributed by atoms with Crippen molar-refractivity contribution >= 4 is 17.8 Å². The molecule has 5 rings (SSSR count). The number of benzene rings is 2. The molecule has 276 valence electrons. The van der Waals surface area contributed by atoms with Crippen molar-refractivity contribution in [2.24, 2.45) is 0 Å². The summed E-state index contributed by atoms with van der Waals surface area (Å²) in [7, 11) is 0. The van der Waals surface area contributed by atoms with E-state index < -0.39 is 53.2 Å². The predicted octanol–water partition coefficient (Wildman–Crippen LogP) is 6.38. The first kappa shape index (κ1) is 37.8. The summed E-state index contributed by atoms with van der Waals surface area (Å²) in [6.07, 6.45) is -2.22. The van der Waals surface area contributed by atoms with Gasteiger partial charge in [0.1, 0.15) is 34.9 Å². The van der Waals surface area contributed by atoms with Crippen LogP contribution in [0.15, 0.2) is 71.8 Å². The van der Waals surface area contributed by atoms with Gasteiger partial charge in [0.2, 0.25) is 5.91 Å². The fourth-order valence-corrected chi connectivity index (χ4v) is 5.82. The highest BCUT2D eigenvalue weighted by Crippen LogP contribution is 2.33. The van der Waals surface area contributed by atoms with Gasteiger partial charge in [0.15, 0.2) is 0 Å². The number of hydrogen-bond acceptors (Lipinski definition) is 8. The fourth-order valence-electron chi connectivity index (χ4n) is 5.82. The van der Waals surface area contributed by atoms with Crippen LogP contribution in [-0.2, 0) is 35.1 Å². The summed E-state index contributed by atoms with van der Waals surface area (Å²) >= 11 is 0. The number of carbonyl (C=O) groups is 2. The van der Waals surface area contributed by atoms with E-state index in [4.69, 9.17) is 14.5 Å². The summed E-state index contributed by atoms with van der Waals surface area (Å²) in [4.78, 5) is 52.2. The van der Waals surface area contributed by atoms with Gasteiger partial charge in [-0.3, -0.25) is 19.1 Å². The Kier molecular flexibility index (Phi) is 11.5. The Hall–Kier alpha value is -5.47. The molecule has 1 atom stereocenters. The van der Waals surface area contributed by atoms with Gasteiger partial charge in [-0.15, -0.1) is 0 Å². The third-order valence-corrected chi connectivity index (χ3v) is 8.10. The van der Waals surface area contributed by atoms with Gasteiger partial charge in [-0.05, 0) is 94.1 Å². The molecule has 2 aromatic carbocycles. The molecule has 2 N–H and O–H groups in total. The first-order valence-electron chi connectivity index (χ1n) is 16.8. The Morgan fingerprint density at radius 2 is 1.83 bits per heavy atom. The number of ether oxygens (including phenoxy) is 2. The molecule has 0 aliphatic carbocycles. The molecule has 0 radical (unpaired) electrons. The Labute approximate surface area is 298 Å². The van der Waals surface area contributed by atoms with Gasteiger partial charge in [-0.25, -0.2) is 14.2 Å². The van der Waals surface area contributed by atoms with E-state index in [0.717, 1.165) is 6.07 Å². The van der Waals surface area contributed by atoms with Crippen LogP contribution in [0.5, 0.6) is 5.75 Å². The molecule has 2 aromatic heterocycles. The number of fused-ring (bicyclic) bond motifs is 1. The summed E-state index contributed by atoms with van der Waals surface area (Å²) in [5.74, 6) is -1.23. The number of carbonyl (C=O) groups excluding carboxylic acids is 2. The number of rotatable bonds is 11.